The Labute approximate surface area is 151 Å². The summed E-state index contributed by atoms with van der Waals surface area (Å²) in [6.07, 6.45) is -0.148. The molecule has 0 saturated carbocycles. The van der Waals surface area contributed by atoms with Crippen LogP contribution in [0, 0.1) is 17.6 Å². The summed E-state index contributed by atoms with van der Waals surface area (Å²) < 4.78 is 31.6. The van der Waals surface area contributed by atoms with Gasteiger partial charge in [-0.2, -0.15) is 0 Å². The molecule has 0 atom stereocenters. The summed E-state index contributed by atoms with van der Waals surface area (Å²) in [7, 11) is 0. The van der Waals surface area contributed by atoms with Gasteiger partial charge in [0.15, 0.2) is 5.78 Å². The van der Waals surface area contributed by atoms with E-state index in [0.29, 0.717) is 17.9 Å². The van der Waals surface area contributed by atoms with E-state index >= 15 is 0 Å². The fraction of sp³-hybridized carbons (Fsp3) is 0.300. The van der Waals surface area contributed by atoms with E-state index in [1.165, 1.54) is 0 Å². The smallest absolute Gasteiger partial charge is 0.325 e. The average Bonchev–Trinajstić information content (AvgIpc) is 2.57. The number of ether oxygens (including phenoxy) is 1. The number of hydrogen-bond donors (Lipinski definition) is 1. The maximum atomic E-state index is 13.3. The van der Waals surface area contributed by atoms with E-state index in [4.69, 9.17) is 4.74 Å². The monoisotopic (exact) mass is 361 g/mol. The molecule has 2 aromatic rings. The first-order chi connectivity index (χ1) is 12.3. The van der Waals surface area contributed by atoms with Gasteiger partial charge < -0.3 is 10.1 Å². The molecule has 0 aromatic heterocycles. The number of carbonyl (C=O) groups excluding carboxylic acids is 2. The highest BCUT2D eigenvalue weighted by molar-refractivity contribution is 6.02. The van der Waals surface area contributed by atoms with Crippen molar-refractivity contribution in [3.8, 4) is 0 Å². The lowest BCUT2D eigenvalue weighted by Crippen LogP contribution is -2.20. The van der Waals surface area contributed by atoms with E-state index in [2.05, 4.69) is 5.32 Å². The zero-order chi connectivity index (χ0) is 19.1. The lowest BCUT2D eigenvalue weighted by Gasteiger charge is -2.12. The highest BCUT2D eigenvalue weighted by Gasteiger charge is 2.14. The van der Waals surface area contributed by atoms with Crippen molar-refractivity contribution in [2.24, 2.45) is 5.92 Å². The van der Waals surface area contributed by atoms with Crippen molar-refractivity contribution in [2.75, 3.05) is 18.5 Å². The molecule has 138 valence electrons. The number of rotatable bonds is 8. The summed E-state index contributed by atoms with van der Waals surface area (Å²) >= 11 is 0. The van der Waals surface area contributed by atoms with Crippen LogP contribution >= 0.6 is 0 Å². The standard InChI is InChI=1S/C20H21F2NO3/c1-13(2)12-26-20(25)11-23-18-6-4-3-5-17(18)19(24)9-14-7-15(21)10-16(22)8-14/h3-8,10,13,23H,9,11-12H2,1-2H3. The molecule has 1 N–H and O–H groups in total. The minimum Gasteiger partial charge on any atom is -0.464 e. The van der Waals surface area contributed by atoms with Gasteiger partial charge in [0.05, 0.1) is 6.61 Å². The summed E-state index contributed by atoms with van der Waals surface area (Å²) in [5.74, 6) is -1.96. The number of hydrogen-bond acceptors (Lipinski definition) is 4. The molecule has 2 aromatic carbocycles. The second kappa shape index (κ2) is 9.08. The van der Waals surface area contributed by atoms with Crippen molar-refractivity contribution in [2.45, 2.75) is 20.3 Å². The predicted molar refractivity (Wildman–Crippen MR) is 95.1 cm³/mol. The van der Waals surface area contributed by atoms with Gasteiger partial charge in [0.2, 0.25) is 0 Å². The summed E-state index contributed by atoms with van der Waals surface area (Å²) in [5.41, 5.74) is 1.06. The van der Waals surface area contributed by atoms with Crippen molar-refractivity contribution >= 4 is 17.4 Å². The molecule has 0 fully saturated rings. The summed E-state index contributed by atoms with van der Waals surface area (Å²) in [6.45, 7) is 4.12. The van der Waals surface area contributed by atoms with Crippen molar-refractivity contribution in [3.63, 3.8) is 0 Å². The SMILES string of the molecule is CC(C)COC(=O)CNc1ccccc1C(=O)Cc1cc(F)cc(F)c1. The van der Waals surface area contributed by atoms with E-state index in [9.17, 15) is 18.4 Å². The minimum atomic E-state index is -0.730. The van der Waals surface area contributed by atoms with Crippen LogP contribution in [0.25, 0.3) is 0 Å². The lowest BCUT2D eigenvalue weighted by molar-refractivity contribution is -0.142. The van der Waals surface area contributed by atoms with Gasteiger partial charge in [0.1, 0.15) is 18.2 Å². The number of carbonyl (C=O) groups is 2. The molecule has 0 heterocycles. The number of halogens is 2. The maximum absolute atomic E-state index is 13.3. The van der Waals surface area contributed by atoms with E-state index in [0.717, 1.165) is 18.2 Å². The van der Waals surface area contributed by atoms with Gasteiger partial charge in [0, 0.05) is 23.7 Å². The first-order valence-corrected chi connectivity index (χ1v) is 8.32. The predicted octanol–water partition coefficient (Wildman–Crippen LogP) is 4.00. The zero-order valence-electron chi connectivity index (χ0n) is 14.7. The van der Waals surface area contributed by atoms with Crippen molar-refractivity contribution in [1.82, 2.24) is 0 Å². The molecule has 0 aliphatic carbocycles. The number of nitrogens with one attached hydrogen (secondary N) is 1. The lowest BCUT2D eigenvalue weighted by atomic mass is 10.0. The van der Waals surface area contributed by atoms with Gasteiger partial charge in [0.25, 0.3) is 0 Å². The number of anilines is 1. The summed E-state index contributed by atoms with van der Waals surface area (Å²) in [6, 6.07) is 9.67. The Morgan fingerprint density at radius 1 is 1.08 bits per heavy atom. The van der Waals surface area contributed by atoms with Gasteiger partial charge in [-0.15, -0.1) is 0 Å². The Morgan fingerprint density at radius 3 is 2.38 bits per heavy atom. The van der Waals surface area contributed by atoms with Crippen LogP contribution in [0.15, 0.2) is 42.5 Å². The molecule has 0 radical (unpaired) electrons. The van der Waals surface area contributed by atoms with Crippen molar-refractivity contribution in [3.05, 3.63) is 65.2 Å². The third kappa shape index (κ3) is 5.95. The van der Waals surface area contributed by atoms with Crippen LogP contribution in [0.2, 0.25) is 0 Å². The van der Waals surface area contributed by atoms with Crippen LogP contribution < -0.4 is 5.32 Å². The van der Waals surface area contributed by atoms with E-state index in [1.54, 1.807) is 24.3 Å². The second-order valence-electron chi connectivity index (χ2n) is 6.35. The van der Waals surface area contributed by atoms with Gasteiger partial charge in [-0.1, -0.05) is 26.0 Å². The molecular weight excluding hydrogens is 340 g/mol. The molecular formula is C20H21F2NO3. The Hall–Kier alpha value is -2.76. The average molecular weight is 361 g/mol. The van der Waals surface area contributed by atoms with Crippen LogP contribution in [0.1, 0.15) is 29.8 Å². The van der Waals surface area contributed by atoms with E-state index in [1.807, 2.05) is 13.8 Å². The maximum Gasteiger partial charge on any atom is 0.325 e. The fourth-order valence-corrected chi connectivity index (χ4v) is 2.35. The van der Waals surface area contributed by atoms with Gasteiger partial charge in [-0.3, -0.25) is 9.59 Å². The van der Waals surface area contributed by atoms with E-state index in [-0.39, 0.29) is 30.2 Å². The molecule has 0 aliphatic heterocycles. The molecule has 2 rings (SSSR count). The molecule has 0 unspecified atom stereocenters. The van der Waals surface area contributed by atoms with Gasteiger partial charge >= 0.3 is 5.97 Å². The van der Waals surface area contributed by atoms with Crippen molar-refractivity contribution in [1.29, 1.82) is 0 Å². The van der Waals surface area contributed by atoms with Crippen LogP contribution in [0.5, 0.6) is 0 Å². The molecule has 0 aliphatic rings. The fourth-order valence-electron chi connectivity index (χ4n) is 2.35. The summed E-state index contributed by atoms with van der Waals surface area (Å²) in [5, 5.41) is 2.88. The Balaban J connectivity index is 2.05. The third-order valence-electron chi connectivity index (χ3n) is 3.52. The molecule has 0 bridgehead atoms. The largest absolute Gasteiger partial charge is 0.464 e. The minimum absolute atomic E-state index is 0.0778. The summed E-state index contributed by atoms with van der Waals surface area (Å²) in [4.78, 5) is 24.2. The van der Waals surface area contributed by atoms with Crippen LogP contribution in [0.4, 0.5) is 14.5 Å². The molecule has 26 heavy (non-hydrogen) atoms. The van der Waals surface area contributed by atoms with Gasteiger partial charge in [-0.25, -0.2) is 8.78 Å². The molecule has 0 amide bonds. The van der Waals surface area contributed by atoms with Crippen LogP contribution in [-0.2, 0) is 16.0 Å². The second-order valence-corrected chi connectivity index (χ2v) is 6.35. The van der Waals surface area contributed by atoms with Crippen molar-refractivity contribution < 1.29 is 23.1 Å². The van der Waals surface area contributed by atoms with Gasteiger partial charge in [-0.05, 0) is 35.7 Å². The first-order valence-electron chi connectivity index (χ1n) is 8.32. The Morgan fingerprint density at radius 2 is 1.73 bits per heavy atom. The third-order valence-corrected chi connectivity index (χ3v) is 3.52. The topological polar surface area (TPSA) is 55.4 Å². The number of esters is 1. The molecule has 0 spiro atoms. The molecule has 4 nitrogen and oxygen atoms in total. The number of benzene rings is 2. The highest BCUT2D eigenvalue weighted by atomic mass is 19.1. The van der Waals surface area contributed by atoms with Crippen LogP contribution in [0.3, 0.4) is 0 Å². The van der Waals surface area contributed by atoms with Crippen LogP contribution in [-0.4, -0.2) is 24.9 Å². The zero-order valence-corrected chi connectivity index (χ0v) is 14.7. The van der Waals surface area contributed by atoms with E-state index < -0.39 is 17.6 Å². The Bertz CT molecular complexity index is 770. The number of ketones is 1. The highest BCUT2D eigenvalue weighted by Crippen LogP contribution is 2.18. The quantitative estimate of drug-likeness (QED) is 0.570. The number of para-hydroxylation sites is 1. The first kappa shape index (κ1) is 19.6. The normalized spacial score (nSPS) is 10.7. The Kier molecular flexibility index (Phi) is 6.83. The molecule has 6 heteroatoms. The number of Topliss-reactive ketones (excluding diaryl/α,β-unsaturated/α-hetero) is 1. The molecule has 0 saturated heterocycles.